The summed E-state index contributed by atoms with van der Waals surface area (Å²) in [5.41, 5.74) is -1.34. The van der Waals surface area contributed by atoms with Gasteiger partial charge in [-0.05, 0) is 24.6 Å². The number of carbonyl (C=O) groups excluding carboxylic acids is 2. The maximum Gasteiger partial charge on any atom is 0.418 e. The van der Waals surface area contributed by atoms with Crippen LogP contribution in [0, 0.1) is 6.92 Å². The van der Waals surface area contributed by atoms with Gasteiger partial charge in [0.2, 0.25) is 0 Å². The molecule has 0 bridgehead atoms. The molecule has 0 spiro atoms. The number of Topliss-reactive ketones (excluding diaryl/α,β-unsaturated/α-hetero) is 1. The van der Waals surface area contributed by atoms with Gasteiger partial charge in [0.05, 0.1) is 16.8 Å². The maximum atomic E-state index is 12.6. The van der Waals surface area contributed by atoms with E-state index in [2.05, 4.69) is 0 Å². The number of fused-ring (bicyclic) bond motifs is 1. The van der Waals surface area contributed by atoms with E-state index in [9.17, 15) is 22.8 Å². The van der Waals surface area contributed by atoms with E-state index in [1.807, 2.05) is 5.32 Å². The first-order valence-electron chi connectivity index (χ1n) is 4.38. The number of benzene rings is 1. The predicted octanol–water partition coefficient (Wildman–Crippen LogP) is 2.15. The molecule has 3 nitrogen and oxygen atoms in total. The van der Waals surface area contributed by atoms with Crippen LogP contribution in [0.1, 0.15) is 21.5 Å². The highest BCUT2D eigenvalue weighted by Gasteiger charge is 2.40. The molecule has 0 unspecified atom stereocenters. The third-order valence-corrected chi connectivity index (χ3v) is 2.28. The molecular formula is C10H6F3NO2. The molecule has 6 heteroatoms. The summed E-state index contributed by atoms with van der Waals surface area (Å²) in [6.45, 7) is 1.44. The second-order valence-corrected chi connectivity index (χ2v) is 3.52. The van der Waals surface area contributed by atoms with Crippen molar-refractivity contribution in [1.82, 2.24) is 0 Å². The van der Waals surface area contributed by atoms with Crippen LogP contribution in [0.25, 0.3) is 0 Å². The zero-order chi connectivity index (χ0) is 12.1. The Morgan fingerprint density at radius 1 is 1.19 bits per heavy atom. The minimum atomic E-state index is -4.59. The van der Waals surface area contributed by atoms with Crippen LogP contribution < -0.4 is 5.32 Å². The average molecular weight is 229 g/mol. The van der Waals surface area contributed by atoms with Crippen molar-refractivity contribution in [2.24, 2.45) is 0 Å². The lowest BCUT2D eigenvalue weighted by atomic mass is 10.0. The Kier molecular flexibility index (Phi) is 2.04. The van der Waals surface area contributed by atoms with Gasteiger partial charge in [-0.2, -0.15) is 13.2 Å². The standard InChI is InChI=1S/C10H6F3NO2/c1-4-2-5-7(14-9(16)8(5)15)6(3-4)10(11,12)13/h2-3H,1H3,(H,14,15,16). The number of halogens is 3. The number of anilines is 1. The van der Waals surface area contributed by atoms with Crippen LogP contribution in [-0.2, 0) is 11.0 Å². The van der Waals surface area contributed by atoms with Crippen LogP contribution in [0.15, 0.2) is 12.1 Å². The summed E-state index contributed by atoms with van der Waals surface area (Å²) in [5.74, 6) is -1.95. The summed E-state index contributed by atoms with van der Waals surface area (Å²) in [7, 11) is 0. The van der Waals surface area contributed by atoms with E-state index in [1.165, 1.54) is 13.0 Å². The van der Waals surface area contributed by atoms with Gasteiger partial charge >= 0.3 is 6.18 Å². The summed E-state index contributed by atoms with van der Waals surface area (Å²) in [6.07, 6.45) is -4.59. The van der Waals surface area contributed by atoms with Gasteiger partial charge < -0.3 is 5.32 Å². The quantitative estimate of drug-likeness (QED) is 0.693. The lowest BCUT2D eigenvalue weighted by Crippen LogP contribution is -2.13. The molecular weight excluding hydrogens is 223 g/mol. The molecule has 1 aliphatic heterocycles. The van der Waals surface area contributed by atoms with Gasteiger partial charge in [-0.1, -0.05) is 0 Å². The first kappa shape index (κ1) is 10.7. The van der Waals surface area contributed by atoms with Gasteiger partial charge in [0.1, 0.15) is 0 Å². The SMILES string of the molecule is Cc1cc2c(c(C(F)(F)F)c1)NC(=O)C2=O. The van der Waals surface area contributed by atoms with Crippen molar-refractivity contribution in [2.75, 3.05) is 5.32 Å². The molecule has 1 aliphatic rings. The van der Waals surface area contributed by atoms with Crippen LogP contribution in [-0.4, -0.2) is 11.7 Å². The molecule has 0 atom stereocenters. The molecule has 1 heterocycles. The Labute approximate surface area is 88.3 Å². The van der Waals surface area contributed by atoms with E-state index in [1.54, 1.807) is 0 Å². The van der Waals surface area contributed by atoms with Crippen molar-refractivity contribution in [2.45, 2.75) is 13.1 Å². The number of hydrogen-bond donors (Lipinski definition) is 1. The largest absolute Gasteiger partial charge is 0.418 e. The maximum absolute atomic E-state index is 12.6. The lowest BCUT2D eigenvalue weighted by molar-refractivity contribution is -0.137. The van der Waals surface area contributed by atoms with Crippen LogP contribution in [0.5, 0.6) is 0 Å². The molecule has 2 rings (SSSR count). The first-order chi connectivity index (χ1) is 7.30. The number of hydrogen-bond acceptors (Lipinski definition) is 2. The summed E-state index contributed by atoms with van der Waals surface area (Å²) < 4.78 is 37.8. The van der Waals surface area contributed by atoms with E-state index < -0.39 is 29.1 Å². The zero-order valence-electron chi connectivity index (χ0n) is 8.11. The molecule has 1 aromatic carbocycles. The first-order valence-corrected chi connectivity index (χ1v) is 4.38. The van der Waals surface area contributed by atoms with Gasteiger partial charge in [0.25, 0.3) is 11.7 Å². The van der Waals surface area contributed by atoms with Crippen molar-refractivity contribution in [3.05, 3.63) is 28.8 Å². The molecule has 0 radical (unpaired) electrons. The molecule has 1 aromatic rings. The highest BCUT2D eigenvalue weighted by Crippen LogP contribution is 2.39. The van der Waals surface area contributed by atoms with Crippen molar-refractivity contribution in [1.29, 1.82) is 0 Å². The van der Waals surface area contributed by atoms with Crippen molar-refractivity contribution >= 4 is 17.4 Å². The Bertz CT molecular complexity index is 506. The molecule has 1 N–H and O–H groups in total. The van der Waals surface area contributed by atoms with Crippen molar-refractivity contribution in [3.63, 3.8) is 0 Å². The van der Waals surface area contributed by atoms with E-state index >= 15 is 0 Å². The lowest BCUT2D eigenvalue weighted by Gasteiger charge is -2.11. The van der Waals surface area contributed by atoms with Gasteiger partial charge in [0.15, 0.2) is 0 Å². The Balaban J connectivity index is 2.72. The molecule has 0 fully saturated rings. The fourth-order valence-electron chi connectivity index (χ4n) is 1.62. The fraction of sp³-hybridized carbons (Fsp3) is 0.200. The molecule has 0 aromatic heterocycles. The molecule has 0 saturated carbocycles. The molecule has 0 aliphatic carbocycles. The van der Waals surface area contributed by atoms with E-state index in [0.717, 1.165) is 6.07 Å². The third kappa shape index (κ3) is 1.46. The summed E-state index contributed by atoms with van der Waals surface area (Å²) in [6, 6.07) is 2.17. The molecule has 84 valence electrons. The molecule has 16 heavy (non-hydrogen) atoms. The van der Waals surface area contributed by atoms with Crippen LogP contribution >= 0.6 is 0 Å². The smallest absolute Gasteiger partial charge is 0.318 e. The van der Waals surface area contributed by atoms with Crippen molar-refractivity contribution in [3.8, 4) is 0 Å². The number of amides is 1. The van der Waals surface area contributed by atoms with E-state index in [0.29, 0.717) is 0 Å². The summed E-state index contributed by atoms with van der Waals surface area (Å²) >= 11 is 0. The summed E-state index contributed by atoms with van der Waals surface area (Å²) in [5, 5.41) is 1.94. The average Bonchev–Trinajstić information content (AvgIpc) is 2.42. The normalized spacial score (nSPS) is 15.0. The van der Waals surface area contributed by atoms with Crippen LogP contribution in [0.4, 0.5) is 18.9 Å². The zero-order valence-corrected chi connectivity index (χ0v) is 8.11. The number of nitrogens with one attached hydrogen (secondary N) is 1. The molecule has 1 amide bonds. The second kappa shape index (κ2) is 3.07. The monoisotopic (exact) mass is 229 g/mol. The fourth-order valence-corrected chi connectivity index (χ4v) is 1.62. The van der Waals surface area contributed by atoms with E-state index in [-0.39, 0.29) is 11.1 Å². The Hall–Kier alpha value is -1.85. The minimum Gasteiger partial charge on any atom is -0.318 e. The van der Waals surface area contributed by atoms with Gasteiger partial charge in [0, 0.05) is 0 Å². The highest BCUT2D eigenvalue weighted by atomic mass is 19.4. The topological polar surface area (TPSA) is 46.2 Å². The van der Waals surface area contributed by atoms with Gasteiger partial charge in [-0.15, -0.1) is 0 Å². The molecule has 0 saturated heterocycles. The number of carbonyl (C=O) groups is 2. The number of rotatable bonds is 0. The number of aryl methyl sites for hydroxylation is 1. The Morgan fingerprint density at radius 2 is 1.81 bits per heavy atom. The Morgan fingerprint density at radius 3 is 2.38 bits per heavy atom. The van der Waals surface area contributed by atoms with E-state index in [4.69, 9.17) is 0 Å². The highest BCUT2D eigenvalue weighted by molar-refractivity contribution is 6.51. The number of ketones is 1. The second-order valence-electron chi connectivity index (χ2n) is 3.52. The van der Waals surface area contributed by atoms with Gasteiger partial charge in [-0.3, -0.25) is 9.59 Å². The number of alkyl halides is 3. The summed E-state index contributed by atoms with van der Waals surface area (Å²) in [4.78, 5) is 22.2. The van der Waals surface area contributed by atoms with Crippen molar-refractivity contribution < 1.29 is 22.8 Å². The minimum absolute atomic E-state index is 0.211. The van der Waals surface area contributed by atoms with Gasteiger partial charge in [-0.25, -0.2) is 0 Å². The predicted molar refractivity (Wildman–Crippen MR) is 49.1 cm³/mol. The van der Waals surface area contributed by atoms with Crippen LogP contribution in [0.2, 0.25) is 0 Å². The van der Waals surface area contributed by atoms with Crippen LogP contribution in [0.3, 0.4) is 0 Å². The third-order valence-electron chi connectivity index (χ3n) is 2.28.